The largest absolute Gasteiger partial charge is 0.444 e. The lowest BCUT2D eigenvalue weighted by Gasteiger charge is -2.19. The van der Waals surface area contributed by atoms with Gasteiger partial charge in [0.05, 0.1) is 6.54 Å². The Labute approximate surface area is 144 Å². The molecule has 0 aromatic heterocycles. The topological polar surface area (TPSA) is 174 Å². The van der Waals surface area contributed by atoms with Gasteiger partial charge in [0.1, 0.15) is 18.7 Å². The Kier molecular flexibility index (Phi) is 10.1. The number of carbonyl (C=O) groups excluding carboxylic acids is 4. The maximum absolute atomic E-state index is 11.5. The van der Waals surface area contributed by atoms with Crippen molar-refractivity contribution < 1.29 is 23.9 Å². The minimum absolute atomic E-state index is 0.146. The molecule has 4 amide bonds. The van der Waals surface area contributed by atoms with Gasteiger partial charge in [0.25, 0.3) is 0 Å². The second-order valence-corrected chi connectivity index (χ2v) is 5.72. The second kappa shape index (κ2) is 11.5. The number of rotatable bonds is 9. The van der Waals surface area contributed by atoms with Gasteiger partial charge in [0.2, 0.25) is 17.7 Å². The van der Waals surface area contributed by atoms with Gasteiger partial charge in [0.15, 0.2) is 0 Å². The Balaban J connectivity index is 3.77. The molecule has 25 heavy (non-hydrogen) atoms. The maximum atomic E-state index is 11.5. The van der Waals surface area contributed by atoms with E-state index in [0.29, 0.717) is 0 Å². The molecular weight excluding hydrogens is 334 g/mol. The van der Waals surface area contributed by atoms with Crippen molar-refractivity contribution in [3.8, 4) is 0 Å². The summed E-state index contributed by atoms with van der Waals surface area (Å²) in [5, 5.41) is 12.5. The fourth-order valence-electron chi connectivity index (χ4n) is 1.33. The van der Waals surface area contributed by atoms with Crippen molar-refractivity contribution in [3.63, 3.8) is 0 Å². The molecule has 0 radical (unpaired) electrons. The van der Waals surface area contributed by atoms with Crippen LogP contribution in [-0.2, 0) is 19.1 Å². The fraction of sp³-hybridized carbons (Fsp3) is 0.692. The van der Waals surface area contributed by atoms with Gasteiger partial charge in [0, 0.05) is 18.0 Å². The molecule has 0 bridgehead atoms. The first-order chi connectivity index (χ1) is 11.6. The smallest absolute Gasteiger partial charge is 0.408 e. The van der Waals surface area contributed by atoms with E-state index in [1.165, 1.54) is 0 Å². The van der Waals surface area contributed by atoms with Crippen LogP contribution in [0.2, 0.25) is 0 Å². The zero-order chi connectivity index (χ0) is 19.3. The molecule has 0 aromatic carbocycles. The van der Waals surface area contributed by atoms with Crippen LogP contribution in [0.4, 0.5) is 4.79 Å². The first-order valence-corrected chi connectivity index (χ1v) is 7.42. The van der Waals surface area contributed by atoms with Crippen molar-refractivity contribution in [2.24, 2.45) is 5.11 Å². The van der Waals surface area contributed by atoms with Crippen molar-refractivity contribution in [2.45, 2.75) is 26.4 Å². The Hall–Kier alpha value is -3.01. The first kappa shape index (κ1) is 22.0. The van der Waals surface area contributed by atoms with E-state index >= 15 is 0 Å². The number of hydrogen-bond acceptors (Lipinski definition) is 6. The number of carbonyl (C=O) groups is 4. The highest BCUT2D eigenvalue weighted by molar-refractivity contribution is 5.87. The van der Waals surface area contributed by atoms with E-state index in [1.54, 1.807) is 20.8 Å². The summed E-state index contributed by atoms with van der Waals surface area (Å²) in [5.74, 6) is -1.48. The van der Waals surface area contributed by atoms with Crippen LogP contribution < -0.4 is 21.3 Å². The van der Waals surface area contributed by atoms with Gasteiger partial charge in [-0.2, -0.15) is 0 Å². The zero-order valence-electron chi connectivity index (χ0n) is 14.4. The molecule has 0 unspecified atom stereocenters. The summed E-state index contributed by atoms with van der Waals surface area (Å²) < 4.78 is 4.95. The minimum atomic E-state index is -0.733. The highest BCUT2D eigenvalue weighted by Crippen LogP contribution is 2.05. The lowest BCUT2D eigenvalue weighted by Crippen LogP contribution is -2.44. The third-order valence-corrected chi connectivity index (χ3v) is 2.29. The highest BCUT2D eigenvalue weighted by atomic mass is 16.6. The lowest BCUT2D eigenvalue weighted by molar-refractivity contribution is -0.125. The minimum Gasteiger partial charge on any atom is -0.444 e. The number of hydrogen-bond donors (Lipinski definition) is 4. The van der Waals surface area contributed by atoms with Crippen molar-refractivity contribution in [1.29, 1.82) is 0 Å². The average Bonchev–Trinajstić information content (AvgIpc) is 2.51. The molecule has 0 aromatic rings. The Morgan fingerprint density at radius 3 is 2.00 bits per heavy atom. The van der Waals surface area contributed by atoms with Gasteiger partial charge in [-0.1, -0.05) is 5.11 Å². The Bertz CT molecular complexity index is 537. The molecule has 0 fully saturated rings. The number of amides is 4. The summed E-state index contributed by atoms with van der Waals surface area (Å²) in [6, 6.07) is 0. The Morgan fingerprint density at radius 1 is 0.920 bits per heavy atom. The molecule has 0 rings (SSSR count). The molecule has 12 nitrogen and oxygen atoms in total. The Morgan fingerprint density at radius 2 is 1.44 bits per heavy atom. The molecule has 0 heterocycles. The van der Waals surface area contributed by atoms with E-state index in [9.17, 15) is 19.2 Å². The van der Waals surface area contributed by atoms with E-state index in [0.717, 1.165) is 0 Å². The van der Waals surface area contributed by atoms with Crippen molar-refractivity contribution >= 4 is 23.8 Å². The number of azide groups is 1. The van der Waals surface area contributed by atoms with Gasteiger partial charge in [-0.15, -0.1) is 0 Å². The molecule has 0 saturated heterocycles. The van der Waals surface area contributed by atoms with Crippen molar-refractivity contribution in [1.82, 2.24) is 21.3 Å². The quantitative estimate of drug-likeness (QED) is 0.182. The van der Waals surface area contributed by atoms with Gasteiger partial charge >= 0.3 is 6.09 Å². The molecule has 12 heteroatoms. The maximum Gasteiger partial charge on any atom is 0.408 e. The third-order valence-electron chi connectivity index (χ3n) is 2.29. The zero-order valence-corrected chi connectivity index (χ0v) is 14.4. The van der Waals surface area contributed by atoms with E-state index in [1.807, 2.05) is 0 Å². The summed E-state index contributed by atoms with van der Waals surface area (Å²) in [6.07, 6.45) is -0.733. The van der Waals surface area contributed by atoms with Gasteiger partial charge in [-0.25, -0.2) is 4.79 Å². The van der Waals surface area contributed by atoms with Crippen LogP contribution in [0.15, 0.2) is 5.11 Å². The number of nitrogens with one attached hydrogen (secondary N) is 4. The predicted octanol–water partition coefficient (Wildman–Crippen LogP) is -0.830. The molecule has 0 spiro atoms. The normalized spacial score (nSPS) is 10.0. The molecule has 0 aliphatic heterocycles. The summed E-state index contributed by atoms with van der Waals surface area (Å²) in [7, 11) is 0. The third kappa shape index (κ3) is 14.3. The van der Waals surface area contributed by atoms with Crippen LogP contribution in [-0.4, -0.2) is 62.1 Å². The SMILES string of the molecule is CC(C)(C)OC(=O)NCC(=O)NCC(=O)NCCNC(=O)CN=[N+]=[N-]. The highest BCUT2D eigenvalue weighted by Gasteiger charge is 2.16. The van der Waals surface area contributed by atoms with Crippen molar-refractivity contribution in [2.75, 3.05) is 32.7 Å². The van der Waals surface area contributed by atoms with Crippen LogP contribution in [0.5, 0.6) is 0 Å². The standard InChI is InChI=1S/C13H23N7O5/c1-13(2,3)25-12(24)18-7-10(22)17-6-9(21)15-4-5-16-11(23)8-19-20-14/h4-8H2,1-3H3,(H,15,21)(H,16,23)(H,17,22)(H,18,24). The molecular formula is C13H23N7O5. The van der Waals surface area contributed by atoms with E-state index in [2.05, 4.69) is 31.3 Å². The monoisotopic (exact) mass is 357 g/mol. The summed E-state index contributed by atoms with van der Waals surface area (Å²) in [4.78, 5) is 47.8. The van der Waals surface area contributed by atoms with Crippen LogP contribution in [0.25, 0.3) is 10.4 Å². The van der Waals surface area contributed by atoms with Gasteiger partial charge in [-0.3, -0.25) is 14.4 Å². The first-order valence-electron chi connectivity index (χ1n) is 7.42. The number of ether oxygens (including phenoxy) is 1. The van der Waals surface area contributed by atoms with E-state index in [-0.39, 0.29) is 32.7 Å². The number of nitrogens with zero attached hydrogens (tertiary/aromatic N) is 3. The fourth-order valence-corrected chi connectivity index (χ4v) is 1.33. The molecule has 0 saturated carbocycles. The summed E-state index contributed by atoms with van der Waals surface area (Å²) in [5.41, 5.74) is 7.37. The lowest BCUT2D eigenvalue weighted by atomic mass is 10.2. The molecule has 4 N–H and O–H groups in total. The predicted molar refractivity (Wildman–Crippen MR) is 87.3 cm³/mol. The summed E-state index contributed by atoms with van der Waals surface area (Å²) in [6.45, 7) is 4.46. The molecule has 0 atom stereocenters. The average molecular weight is 357 g/mol. The second-order valence-electron chi connectivity index (χ2n) is 5.72. The molecule has 140 valence electrons. The van der Waals surface area contributed by atoms with Gasteiger partial charge in [-0.05, 0) is 26.3 Å². The van der Waals surface area contributed by atoms with Crippen LogP contribution >= 0.6 is 0 Å². The van der Waals surface area contributed by atoms with Crippen LogP contribution in [0.1, 0.15) is 20.8 Å². The molecule has 0 aliphatic carbocycles. The summed E-state index contributed by atoms with van der Waals surface area (Å²) >= 11 is 0. The van der Waals surface area contributed by atoms with E-state index in [4.69, 9.17) is 10.3 Å². The van der Waals surface area contributed by atoms with Crippen LogP contribution in [0.3, 0.4) is 0 Å². The van der Waals surface area contributed by atoms with Gasteiger partial charge < -0.3 is 26.0 Å². The number of alkyl carbamates (subject to hydrolysis) is 1. The van der Waals surface area contributed by atoms with E-state index < -0.39 is 29.4 Å². The molecule has 0 aliphatic rings. The van der Waals surface area contributed by atoms with Crippen LogP contribution in [0, 0.1) is 0 Å². The van der Waals surface area contributed by atoms with Crippen molar-refractivity contribution in [3.05, 3.63) is 10.4 Å².